The second kappa shape index (κ2) is 10.1. The molecule has 0 saturated carbocycles. The van der Waals surface area contributed by atoms with E-state index in [1.54, 1.807) is 18.2 Å². The van der Waals surface area contributed by atoms with E-state index in [0.717, 1.165) is 18.4 Å². The molecule has 1 fully saturated rings. The number of carbonyl (C=O) groups excluding carboxylic acids is 1. The van der Waals surface area contributed by atoms with Crippen molar-refractivity contribution in [3.8, 4) is 11.5 Å². The third-order valence-electron chi connectivity index (χ3n) is 5.47. The van der Waals surface area contributed by atoms with Crippen LogP contribution in [-0.2, 0) is 21.2 Å². The zero-order chi connectivity index (χ0) is 23.3. The molecular formula is C25H25FN2O4S. The summed E-state index contributed by atoms with van der Waals surface area (Å²) in [6, 6.07) is 19.2. The number of para-hydroxylation sites is 2. The number of rotatable bonds is 7. The van der Waals surface area contributed by atoms with Crippen LogP contribution in [0.4, 0.5) is 4.39 Å². The normalized spacial score (nSPS) is 16.6. The standard InChI is InChI=1S/C25H25FN2O4S/c26-20-12-4-5-14-22(20)32-24-19(17-18-9-2-1-3-10-18)11-8-15-23(24)33(30,31)28-21-13-6-7-16-27-25(21)29/h1-5,8-12,14-15,21,28H,6-7,13,16-17H2,(H,27,29)/t21-/m1/s1. The number of nitrogens with one attached hydrogen (secondary N) is 2. The first-order chi connectivity index (χ1) is 15.9. The van der Waals surface area contributed by atoms with Crippen molar-refractivity contribution >= 4 is 15.9 Å². The lowest BCUT2D eigenvalue weighted by Crippen LogP contribution is -2.45. The number of halogens is 1. The van der Waals surface area contributed by atoms with Crippen molar-refractivity contribution < 1.29 is 22.3 Å². The van der Waals surface area contributed by atoms with Gasteiger partial charge in [-0.3, -0.25) is 4.79 Å². The minimum absolute atomic E-state index is 0.0352. The van der Waals surface area contributed by atoms with E-state index in [-0.39, 0.29) is 22.3 Å². The van der Waals surface area contributed by atoms with Crippen molar-refractivity contribution in [2.45, 2.75) is 36.6 Å². The highest BCUT2D eigenvalue weighted by Gasteiger charge is 2.30. The molecule has 0 bridgehead atoms. The number of hydrogen-bond acceptors (Lipinski definition) is 4. The van der Waals surface area contributed by atoms with Crippen LogP contribution in [0.2, 0.25) is 0 Å². The molecule has 2 N–H and O–H groups in total. The number of sulfonamides is 1. The summed E-state index contributed by atoms with van der Waals surface area (Å²) in [6.07, 6.45) is 2.30. The fourth-order valence-corrected chi connectivity index (χ4v) is 5.18. The maximum absolute atomic E-state index is 14.4. The molecule has 1 aliphatic heterocycles. The highest BCUT2D eigenvalue weighted by atomic mass is 32.2. The number of benzene rings is 3. The Labute approximate surface area is 192 Å². The van der Waals surface area contributed by atoms with Crippen LogP contribution in [0, 0.1) is 5.82 Å². The number of amides is 1. The van der Waals surface area contributed by atoms with E-state index < -0.39 is 21.9 Å². The first kappa shape index (κ1) is 22.9. The average molecular weight is 469 g/mol. The molecule has 0 aromatic heterocycles. The first-order valence-electron chi connectivity index (χ1n) is 10.8. The number of carbonyl (C=O) groups is 1. The molecule has 8 heteroatoms. The number of ether oxygens (including phenoxy) is 1. The molecular weight excluding hydrogens is 443 g/mol. The van der Waals surface area contributed by atoms with Gasteiger partial charge in [-0.1, -0.05) is 54.6 Å². The van der Waals surface area contributed by atoms with Crippen molar-refractivity contribution in [2.75, 3.05) is 6.54 Å². The monoisotopic (exact) mass is 468 g/mol. The molecule has 1 atom stereocenters. The van der Waals surface area contributed by atoms with E-state index in [2.05, 4.69) is 10.0 Å². The summed E-state index contributed by atoms with van der Waals surface area (Å²) in [6.45, 7) is 0.519. The lowest BCUT2D eigenvalue weighted by atomic mass is 10.0. The van der Waals surface area contributed by atoms with Gasteiger partial charge in [0.1, 0.15) is 10.9 Å². The molecule has 1 aliphatic rings. The predicted molar refractivity (Wildman–Crippen MR) is 123 cm³/mol. The fraction of sp³-hybridized carbons (Fsp3) is 0.240. The highest BCUT2D eigenvalue weighted by Crippen LogP contribution is 2.35. The maximum Gasteiger partial charge on any atom is 0.245 e. The van der Waals surface area contributed by atoms with Crippen molar-refractivity contribution in [1.29, 1.82) is 0 Å². The van der Waals surface area contributed by atoms with E-state index in [1.807, 2.05) is 30.3 Å². The Hall–Kier alpha value is -3.23. The Morgan fingerprint density at radius 1 is 0.970 bits per heavy atom. The third kappa shape index (κ3) is 5.58. The molecule has 4 rings (SSSR count). The minimum Gasteiger partial charge on any atom is -0.453 e. The van der Waals surface area contributed by atoms with Gasteiger partial charge in [-0.15, -0.1) is 0 Å². The van der Waals surface area contributed by atoms with Gasteiger partial charge in [-0.2, -0.15) is 4.72 Å². The second-order valence-corrected chi connectivity index (χ2v) is 9.58. The average Bonchev–Trinajstić information content (AvgIpc) is 3.00. The molecule has 1 heterocycles. The molecule has 1 saturated heterocycles. The zero-order valence-electron chi connectivity index (χ0n) is 18.0. The van der Waals surface area contributed by atoms with E-state index >= 15 is 0 Å². The summed E-state index contributed by atoms with van der Waals surface area (Å²) < 4.78 is 49.6. The van der Waals surface area contributed by atoms with E-state index in [0.29, 0.717) is 24.9 Å². The second-order valence-electron chi connectivity index (χ2n) is 7.90. The summed E-state index contributed by atoms with van der Waals surface area (Å²) in [7, 11) is -4.15. The molecule has 33 heavy (non-hydrogen) atoms. The topological polar surface area (TPSA) is 84.5 Å². The van der Waals surface area contributed by atoms with Crippen LogP contribution in [0.15, 0.2) is 77.7 Å². The van der Waals surface area contributed by atoms with Crippen LogP contribution in [0.1, 0.15) is 30.4 Å². The Morgan fingerprint density at radius 2 is 1.73 bits per heavy atom. The third-order valence-corrected chi connectivity index (χ3v) is 6.96. The predicted octanol–water partition coefficient (Wildman–Crippen LogP) is 4.16. The van der Waals surface area contributed by atoms with Gasteiger partial charge < -0.3 is 10.1 Å². The summed E-state index contributed by atoms with van der Waals surface area (Å²) >= 11 is 0. The molecule has 0 spiro atoms. The van der Waals surface area contributed by atoms with Crippen molar-refractivity contribution in [1.82, 2.24) is 10.0 Å². The van der Waals surface area contributed by atoms with Crippen molar-refractivity contribution in [2.24, 2.45) is 0 Å². The highest BCUT2D eigenvalue weighted by molar-refractivity contribution is 7.89. The van der Waals surface area contributed by atoms with E-state index in [9.17, 15) is 17.6 Å². The Bertz CT molecular complexity index is 1230. The maximum atomic E-state index is 14.4. The first-order valence-corrected chi connectivity index (χ1v) is 12.3. The van der Waals surface area contributed by atoms with Gasteiger partial charge in [-0.05, 0) is 43.0 Å². The van der Waals surface area contributed by atoms with Crippen LogP contribution in [0.25, 0.3) is 0 Å². The number of hydrogen-bond donors (Lipinski definition) is 2. The molecule has 3 aromatic rings. The lowest BCUT2D eigenvalue weighted by molar-refractivity contribution is -0.122. The smallest absolute Gasteiger partial charge is 0.245 e. The van der Waals surface area contributed by atoms with Crippen LogP contribution in [-0.4, -0.2) is 26.9 Å². The van der Waals surface area contributed by atoms with Crippen LogP contribution < -0.4 is 14.8 Å². The van der Waals surface area contributed by atoms with E-state index in [4.69, 9.17) is 4.74 Å². The van der Waals surface area contributed by atoms with Crippen molar-refractivity contribution in [3.05, 3.63) is 89.7 Å². The summed E-state index contributed by atoms with van der Waals surface area (Å²) in [5, 5.41) is 2.73. The largest absolute Gasteiger partial charge is 0.453 e. The zero-order valence-corrected chi connectivity index (χ0v) is 18.8. The summed E-state index contributed by atoms with van der Waals surface area (Å²) in [4.78, 5) is 12.2. The molecule has 0 aliphatic carbocycles. The SMILES string of the molecule is O=C1NCCCC[C@H]1NS(=O)(=O)c1cccc(Cc2ccccc2)c1Oc1ccccc1F. The fourth-order valence-electron chi connectivity index (χ4n) is 3.78. The summed E-state index contributed by atoms with van der Waals surface area (Å²) in [5.74, 6) is -1.01. The molecule has 1 amide bonds. The van der Waals surface area contributed by atoms with Gasteiger partial charge in [0, 0.05) is 18.5 Å². The molecule has 3 aromatic carbocycles. The van der Waals surface area contributed by atoms with Gasteiger partial charge >= 0.3 is 0 Å². The van der Waals surface area contributed by atoms with Gasteiger partial charge in [0.25, 0.3) is 0 Å². The van der Waals surface area contributed by atoms with Gasteiger partial charge in [0.2, 0.25) is 15.9 Å². The quantitative estimate of drug-likeness (QED) is 0.546. The Morgan fingerprint density at radius 3 is 2.52 bits per heavy atom. The van der Waals surface area contributed by atoms with Gasteiger partial charge in [0.15, 0.2) is 17.3 Å². The van der Waals surface area contributed by atoms with Crippen LogP contribution >= 0.6 is 0 Å². The van der Waals surface area contributed by atoms with Crippen molar-refractivity contribution in [3.63, 3.8) is 0 Å². The molecule has 172 valence electrons. The molecule has 0 radical (unpaired) electrons. The molecule has 0 unspecified atom stereocenters. The lowest BCUT2D eigenvalue weighted by Gasteiger charge is -2.19. The Balaban J connectivity index is 1.75. The van der Waals surface area contributed by atoms with E-state index in [1.165, 1.54) is 24.3 Å². The van der Waals surface area contributed by atoms with Gasteiger partial charge in [0.05, 0.1) is 0 Å². The van der Waals surface area contributed by atoms with Crippen LogP contribution in [0.3, 0.4) is 0 Å². The minimum atomic E-state index is -4.15. The summed E-state index contributed by atoms with van der Waals surface area (Å²) in [5.41, 5.74) is 1.53. The molecule has 6 nitrogen and oxygen atoms in total. The van der Waals surface area contributed by atoms with Crippen LogP contribution in [0.5, 0.6) is 11.5 Å². The van der Waals surface area contributed by atoms with Gasteiger partial charge in [-0.25, -0.2) is 12.8 Å². The Kier molecular flexibility index (Phi) is 7.05.